The molecule has 0 radical (unpaired) electrons. The van der Waals surface area contributed by atoms with Gasteiger partial charge < -0.3 is 9.80 Å². The van der Waals surface area contributed by atoms with Crippen molar-refractivity contribution in [1.29, 1.82) is 0 Å². The van der Waals surface area contributed by atoms with E-state index in [4.69, 9.17) is 0 Å². The summed E-state index contributed by atoms with van der Waals surface area (Å²) in [6.07, 6.45) is 0. The SMILES string of the molecule is CC1(C)c2ccccc2N2c3cc(-c4ccccc4)ccc3N(c3ccc(-c4ccccc4)cc3)c3cccc1c32. The summed E-state index contributed by atoms with van der Waals surface area (Å²) in [4.78, 5) is 4.94. The average Bonchev–Trinajstić information content (AvgIpc) is 3.03. The van der Waals surface area contributed by atoms with E-state index in [2.05, 4.69) is 169 Å². The number of hydrogen-bond acceptors (Lipinski definition) is 2. The number of rotatable bonds is 3. The van der Waals surface area contributed by atoms with Crippen molar-refractivity contribution in [2.24, 2.45) is 0 Å². The lowest BCUT2D eigenvalue weighted by Crippen LogP contribution is -2.34. The minimum absolute atomic E-state index is 0.129. The molecular formula is C39H30N2. The first-order valence-corrected chi connectivity index (χ1v) is 14.3. The summed E-state index contributed by atoms with van der Waals surface area (Å²) in [5, 5.41) is 0. The van der Waals surface area contributed by atoms with Crippen molar-refractivity contribution in [2.75, 3.05) is 9.80 Å². The maximum Gasteiger partial charge on any atom is 0.0744 e. The van der Waals surface area contributed by atoms with E-state index in [9.17, 15) is 0 Å². The maximum atomic E-state index is 2.50. The molecule has 0 fully saturated rings. The lowest BCUT2D eigenvalue weighted by molar-refractivity contribution is 0.631. The van der Waals surface area contributed by atoms with Crippen LogP contribution in [0, 0.1) is 0 Å². The summed E-state index contributed by atoms with van der Waals surface area (Å²) in [5.74, 6) is 0. The third kappa shape index (κ3) is 3.57. The van der Waals surface area contributed by atoms with Gasteiger partial charge in [0, 0.05) is 11.1 Å². The summed E-state index contributed by atoms with van der Waals surface area (Å²) in [6.45, 7) is 4.71. The predicted octanol–water partition coefficient (Wildman–Crippen LogP) is 10.9. The Labute approximate surface area is 241 Å². The summed E-state index contributed by atoms with van der Waals surface area (Å²) in [5.41, 5.74) is 14.7. The first-order chi connectivity index (χ1) is 20.1. The van der Waals surface area contributed by atoms with E-state index < -0.39 is 0 Å². The van der Waals surface area contributed by atoms with Crippen LogP contribution in [-0.2, 0) is 5.41 Å². The van der Waals surface area contributed by atoms with Crippen LogP contribution in [0.25, 0.3) is 22.3 Å². The Kier molecular flexibility index (Phi) is 5.20. The standard InChI is InChI=1S/C39H30N2/c1-39(2)32-16-9-10-18-34(32)41-37-26-30(28-14-7-4-8-15-28)22-25-35(37)40(36-19-11-17-33(39)38(36)41)31-23-20-29(21-24-31)27-12-5-3-6-13-27/h3-26H,1-2H3. The first-order valence-electron chi connectivity index (χ1n) is 14.3. The minimum Gasteiger partial charge on any atom is -0.306 e. The molecule has 0 spiro atoms. The van der Waals surface area contributed by atoms with Crippen molar-refractivity contribution >= 4 is 34.1 Å². The number of anilines is 6. The Morgan fingerprint density at radius 2 is 0.951 bits per heavy atom. The van der Waals surface area contributed by atoms with Crippen molar-refractivity contribution in [3.05, 3.63) is 157 Å². The van der Waals surface area contributed by atoms with Crippen LogP contribution in [0.5, 0.6) is 0 Å². The quantitative estimate of drug-likeness (QED) is 0.226. The normalized spacial score (nSPS) is 14.2. The fourth-order valence-electron chi connectivity index (χ4n) is 6.71. The molecule has 2 aliphatic heterocycles. The van der Waals surface area contributed by atoms with E-state index in [1.807, 2.05) is 0 Å². The zero-order valence-electron chi connectivity index (χ0n) is 23.3. The minimum atomic E-state index is -0.129. The second-order valence-electron chi connectivity index (χ2n) is 11.5. The number of hydrogen-bond donors (Lipinski definition) is 0. The fourth-order valence-corrected chi connectivity index (χ4v) is 6.71. The zero-order chi connectivity index (χ0) is 27.6. The van der Waals surface area contributed by atoms with Crippen LogP contribution in [0.4, 0.5) is 34.1 Å². The van der Waals surface area contributed by atoms with E-state index in [1.165, 1.54) is 61.8 Å². The third-order valence-corrected chi connectivity index (χ3v) is 8.77. The van der Waals surface area contributed by atoms with Gasteiger partial charge in [-0.25, -0.2) is 0 Å². The molecule has 2 heteroatoms. The van der Waals surface area contributed by atoms with E-state index in [1.54, 1.807) is 0 Å². The smallest absolute Gasteiger partial charge is 0.0744 e. The first kappa shape index (κ1) is 23.8. The van der Waals surface area contributed by atoms with Crippen molar-refractivity contribution < 1.29 is 0 Å². The molecule has 2 aliphatic rings. The molecule has 0 N–H and O–H groups in total. The molecular weight excluding hydrogens is 496 g/mol. The Hall–Kier alpha value is -5.08. The molecule has 2 heterocycles. The summed E-state index contributed by atoms with van der Waals surface area (Å²) < 4.78 is 0. The van der Waals surface area contributed by atoms with Gasteiger partial charge in [0.25, 0.3) is 0 Å². The van der Waals surface area contributed by atoms with E-state index in [0.717, 1.165) is 5.69 Å². The van der Waals surface area contributed by atoms with Crippen LogP contribution in [-0.4, -0.2) is 0 Å². The summed E-state index contributed by atoms with van der Waals surface area (Å²) >= 11 is 0. The third-order valence-electron chi connectivity index (χ3n) is 8.77. The fraction of sp³-hybridized carbons (Fsp3) is 0.0769. The molecule has 2 nitrogen and oxygen atoms in total. The van der Waals surface area contributed by atoms with Gasteiger partial charge in [-0.05, 0) is 69.8 Å². The Bertz CT molecular complexity index is 1900. The highest BCUT2D eigenvalue weighted by atomic mass is 15.3. The van der Waals surface area contributed by atoms with Crippen molar-refractivity contribution in [3.63, 3.8) is 0 Å². The van der Waals surface area contributed by atoms with E-state index in [-0.39, 0.29) is 5.41 Å². The molecule has 0 amide bonds. The molecule has 8 rings (SSSR count). The van der Waals surface area contributed by atoms with Gasteiger partial charge in [-0.2, -0.15) is 0 Å². The lowest BCUT2D eigenvalue weighted by atomic mass is 9.72. The molecule has 6 aromatic carbocycles. The van der Waals surface area contributed by atoms with Gasteiger partial charge in [-0.15, -0.1) is 0 Å². The molecule has 41 heavy (non-hydrogen) atoms. The molecule has 6 aromatic rings. The highest BCUT2D eigenvalue weighted by molar-refractivity contribution is 6.05. The molecule has 0 bridgehead atoms. The van der Waals surface area contributed by atoms with Gasteiger partial charge in [0.15, 0.2) is 0 Å². The highest BCUT2D eigenvalue weighted by Gasteiger charge is 2.42. The van der Waals surface area contributed by atoms with Crippen molar-refractivity contribution in [2.45, 2.75) is 19.3 Å². The summed E-state index contributed by atoms with van der Waals surface area (Å²) in [7, 11) is 0. The summed E-state index contributed by atoms with van der Waals surface area (Å²) in [6, 6.07) is 52.9. The Morgan fingerprint density at radius 1 is 0.390 bits per heavy atom. The predicted molar refractivity (Wildman–Crippen MR) is 172 cm³/mol. The van der Waals surface area contributed by atoms with Crippen LogP contribution in [0.2, 0.25) is 0 Å². The molecule has 0 saturated carbocycles. The number of benzene rings is 6. The molecule has 0 atom stereocenters. The number of fused-ring (bicyclic) bond motifs is 4. The van der Waals surface area contributed by atoms with Gasteiger partial charge in [-0.3, -0.25) is 0 Å². The van der Waals surface area contributed by atoms with Crippen molar-refractivity contribution in [3.8, 4) is 22.3 Å². The van der Waals surface area contributed by atoms with Gasteiger partial charge >= 0.3 is 0 Å². The van der Waals surface area contributed by atoms with Gasteiger partial charge in [-0.1, -0.05) is 123 Å². The van der Waals surface area contributed by atoms with Crippen LogP contribution in [0.1, 0.15) is 25.0 Å². The molecule has 0 aliphatic carbocycles. The van der Waals surface area contributed by atoms with Crippen molar-refractivity contribution in [1.82, 2.24) is 0 Å². The van der Waals surface area contributed by atoms with Gasteiger partial charge in [0.1, 0.15) is 0 Å². The molecule has 0 aromatic heterocycles. The van der Waals surface area contributed by atoms with Gasteiger partial charge in [0.2, 0.25) is 0 Å². The Morgan fingerprint density at radius 3 is 1.68 bits per heavy atom. The molecule has 196 valence electrons. The van der Waals surface area contributed by atoms with Crippen LogP contribution < -0.4 is 9.80 Å². The van der Waals surface area contributed by atoms with E-state index >= 15 is 0 Å². The Balaban J connectivity index is 1.38. The average molecular weight is 527 g/mol. The molecule has 0 unspecified atom stereocenters. The zero-order valence-corrected chi connectivity index (χ0v) is 23.3. The second-order valence-corrected chi connectivity index (χ2v) is 11.5. The number of para-hydroxylation sites is 2. The van der Waals surface area contributed by atoms with Crippen LogP contribution in [0.3, 0.4) is 0 Å². The highest BCUT2D eigenvalue weighted by Crippen LogP contribution is 2.61. The topological polar surface area (TPSA) is 6.48 Å². The second kappa shape index (κ2) is 8.97. The number of nitrogens with zero attached hydrogens (tertiary/aromatic N) is 2. The van der Waals surface area contributed by atoms with Gasteiger partial charge in [0.05, 0.1) is 28.4 Å². The maximum absolute atomic E-state index is 2.50. The van der Waals surface area contributed by atoms with Crippen LogP contribution in [0.15, 0.2) is 146 Å². The van der Waals surface area contributed by atoms with Crippen LogP contribution >= 0.6 is 0 Å². The lowest BCUT2D eigenvalue weighted by Gasteiger charge is -2.48. The largest absolute Gasteiger partial charge is 0.306 e. The molecule has 0 saturated heterocycles. The monoisotopic (exact) mass is 526 g/mol. The van der Waals surface area contributed by atoms with E-state index in [0.29, 0.717) is 0 Å².